The zero-order valence-electron chi connectivity index (χ0n) is 28.9. The van der Waals surface area contributed by atoms with Gasteiger partial charge in [0.2, 0.25) is 5.91 Å². The maximum absolute atomic E-state index is 12.5. The molecule has 0 aromatic heterocycles. The molecule has 9 atom stereocenters. The first-order valence-electron chi connectivity index (χ1n) is 17.6. The molecule has 0 saturated heterocycles. The van der Waals surface area contributed by atoms with E-state index in [4.69, 9.17) is 0 Å². The van der Waals surface area contributed by atoms with Crippen molar-refractivity contribution in [2.24, 2.45) is 53.3 Å². The van der Waals surface area contributed by atoms with Crippen molar-refractivity contribution in [2.45, 2.75) is 152 Å². The molecule has 0 spiro atoms. The Morgan fingerprint density at radius 1 is 0.707 bits per heavy atom. The highest BCUT2D eigenvalue weighted by atomic mass is 35.5. The van der Waals surface area contributed by atoms with Crippen LogP contribution >= 0.6 is 0 Å². The van der Waals surface area contributed by atoms with E-state index in [1.54, 1.807) is 0 Å². The van der Waals surface area contributed by atoms with Crippen LogP contribution in [0.1, 0.15) is 133 Å². The van der Waals surface area contributed by atoms with Crippen LogP contribution in [0.5, 0.6) is 0 Å². The molecule has 41 heavy (non-hydrogen) atoms. The van der Waals surface area contributed by atoms with Gasteiger partial charge in [0.25, 0.3) is 0 Å². The Morgan fingerprint density at radius 3 is 1.34 bits per heavy atom. The van der Waals surface area contributed by atoms with Crippen molar-refractivity contribution in [3.8, 4) is 0 Å². The molecular formula is C37H69ClN2O. The van der Waals surface area contributed by atoms with Gasteiger partial charge in [-0.05, 0) is 81.0 Å². The Hall–Kier alpha value is -0.540. The molecule has 0 aromatic rings. The molecule has 3 saturated carbocycles. The third-order valence-corrected chi connectivity index (χ3v) is 12.2. The number of hydrogen-bond acceptors (Lipinski definition) is 1. The van der Waals surface area contributed by atoms with Gasteiger partial charge in [-0.3, -0.25) is 4.79 Å². The zero-order valence-corrected chi connectivity index (χ0v) is 29.6. The van der Waals surface area contributed by atoms with E-state index in [1.165, 1.54) is 68.8 Å². The van der Waals surface area contributed by atoms with Crippen LogP contribution in [-0.4, -0.2) is 41.6 Å². The lowest BCUT2D eigenvalue weighted by atomic mass is 9.63. The third-order valence-electron chi connectivity index (χ3n) is 12.2. The number of hydrogen-bond donors (Lipinski definition) is 1. The summed E-state index contributed by atoms with van der Waals surface area (Å²) in [5.74, 6) is 7.08. The van der Waals surface area contributed by atoms with E-state index in [0.29, 0.717) is 5.57 Å². The standard InChI is InChI=1S/C37H68N2O.ClH/c1-24(2)31-16-13-28(9)21-34(31)39(20-12-19-38-37(40)27(7)8,35-22-29(10)14-17-32(35)25(3)4)36-23-30(11)15-18-33(36)26(5)6;/h24-26,28-36H,7,12-23H2,1-6,8-11H3;1H. The van der Waals surface area contributed by atoms with Crippen molar-refractivity contribution < 1.29 is 21.7 Å². The number of halogens is 1. The highest BCUT2D eigenvalue weighted by molar-refractivity contribution is 5.91. The summed E-state index contributed by atoms with van der Waals surface area (Å²) in [6, 6.07) is 2.23. The van der Waals surface area contributed by atoms with Gasteiger partial charge in [-0.1, -0.05) is 68.9 Å². The Bertz CT molecular complexity index is 743. The Morgan fingerprint density at radius 2 is 1.05 bits per heavy atom. The number of rotatable bonds is 11. The predicted molar refractivity (Wildman–Crippen MR) is 173 cm³/mol. The van der Waals surface area contributed by atoms with Crippen LogP contribution in [-0.2, 0) is 4.79 Å². The van der Waals surface area contributed by atoms with Crippen LogP contribution < -0.4 is 17.7 Å². The first kappa shape index (κ1) is 36.7. The summed E-state index contributed by atoms with van der Waals surface area (Å²) < 4.78 is 1.37. The molecule has 3 nitrogen and oxygen atoms in total. The fourth-order valence-corrected chi connectivity index (χ4v) is 10.1. The van der Waals surface area contributed by atoms with Crippen molar-refractivity contribution >= 4 is 5.91 Å². The van der Waals surface area contributed by atoms with Gasteiger partial charge in [0, 0.05) is 55.6 Å². The van der Waals surface area contributed by atoms with E-state index in [1.807, 2.05) is 6.92 Å². The monoisotopic (exact) mass is 593 g/mol. The summed E-state index contributed by atoms with van der Waals surface area (Å²) >= 11 is 0. The van der Waals surface area contributed by atoms with Crippen LogP contribution in [0.15, 0.2) is 12.2 Å². The molecule has 0 aliphatic heterocycles. The van der Waals surface area contributed by atoms with Crippen molar-refractivity contribution in [1.82, 2.24) is 5.32 Å². The van der Waals surface area contributed by atoms with Crippen molar-refractivity contribution in [3.63, 3.8) is 0 Å². The molecule has 3 rings (SSSR count). The number of quaternary nitrogens is 1. The van der Waals surface area contributed by atoms with Crippen molar-refractivity contribution in [1.29, 1.82) is 0 Å². The lowest BCUT2D eigenvalue weighted by molar-refractivity contribution is -1.01. The van der Waals surface area contributed by atoms with Gasteiger partial charge >= 0.3 is 0 Å². The molecule has 3 fully saturated rings. The molecular weight excluding hydrogens is 524 g/mol. The van der Waals surface area contributed by atoms with Gasteiger partial charge in [0.1, 0.15) is 0 Å². The minimum Gasteiger partial charge on any atom is -1.00 e. The average molecular weight is 593 g/mol. The van der Waals surface area contributed by atoms with E-state index in [2.05, 4.69) is 74.2 Å². The molecule has 0 bridgehead atoms. The van der Waals surface area contributed by atoms with Crippen LogP contribution in [0.3, 0.4) is 0 Å². The molecule has 0 aromatic carbocycles. The minimum absolute atomic E-state index is 0. The Kier molecular flexibility index (Phi) is 14.3. The predicted octanol–water partition coefficient (Wildman–Crippen LogP) is 6.27. The smallest absolute Gasteiger partial charge is 0.246 e. The summed E-state index contributed by atoms with van der Waals surface area (Å²) in [5.41, 5.74) is 0.628. The molecule has 4 heteroatoms. The van der Waals surface area contributed by atoms with Crippen LogP contribution in [0.4, 0.5) is 0 Å². The lowest BCUT2D eigenvalue weighted by Crippen LogP contribution is -3.00. The van der Waals surface area contributed by atoms with Crippen molar-refractivity contribution in [2.75, 3.05) is 13.1 Å². The van der Waals surface area contributed by atoms with Gasteiger partial charge in [-0.25, -0.2) is 0 Å². The van der Waals surface area contributed by atoms with Gasteiger partial charge in [-0.15, -0.1) is 0 Å². The van der Waals surface area contributed by atoms with Gasteiger partial charge in [0.05, 0.1) is 24.7 Å². The minimum atomic E-state index is 0. The highest BCUT2D eigenvalue weighted by Gasteiger charge is 2.59. The third kappa shape index (κ3) is 8.55. The number of nitrogens with one attached hydrogen (secondary N) is 1. The molecule has 0 radical (unpaired) electrons. The van der Waals surface area contributed by atoms with Crippen LogP contribution in [0.25, 0.3) is 0 Å². The van der Waals surface area contributed by atoms with E-state index in [0.717, 1.165) is 84.4 Å². The van der Waals surface area contributed by atoms with Crippen molar-refractivity contribution in [3.05, 3.63) is 12.2 Å². The molecule has 0 heterocycles. The quantitative estimate of drug-likeness (QED) is 0.171. The van der Waals surface area contributed by atoms with E-state index >= 15 is 0 Å². The molecule has 3 aliphatic carbocycles. The van der Waals surface area contributed by atoms with Gasteiger partial charge in [0.15, 0.2) is 0 Å². The summed E-state index contributed by atoms with van der Waals surface area (Å²) in [7, 11) is 0. The zero-order chi connectivity index (χ0) is 29.8. The first-order valence-corrected chi connectivity index (χ1v) is 17.6. The maximum atomic E-state index is 12.5. The van der Waals surface area contributed by atoms with E-state index in [-0.39, 0.29) is 18.3 Å². The average Bonchev–Trinajstić information content (AvgIpc) is 2.88. The second-order valence-corrected chi connectivity index (χ2v) is 16.3. The molecule has 3 aliphatic rings. The van der Waals surface area contributed by atoms with E-state index < -0.39 is 0 Å². The fraction of sp³-hybridized carbons (Fsp3) is 0.919. The Balaban J connectivity index is 0.00000588. The molecule has 1 amide bonds. The lowest BCUT2D eigenvalue weighted by Gasteiger charge is -2.64. The summed E-state index contributed by atoms with van der Waals surface area (Å²) in [4.78, 5) is 12.5. The van der Waals surface area contributed by atoms with Crippen LogP contribution in [0.2, 0.25) is 0 Å². The van der Waals surface area contributed by atoms with Crippen LogP contribution in [0, 0.1) is 53.3 Å². The topological polar surface area (TPSA) is 29.1 Å². The largest absolute Gasteiger partial charge is 1.00 e. The normalized spacial score (nSPS) is 36.1. The number of carbonyl (C=O) groups is 1. The SMILES string of the molecule is C=C(C)C(=O)NCCC[N+](C1CC(C)CCC1C(C)C)(C1CC(C)CCC1C(C)C)C1CC(C)CCC1C(C)C.[Cl-]. The Labute approximate surface area is 262 Å². The second-order valence-electron chi connectivity index (χ2n) is 16.3. The van der Waals surface area contributed by atoms with Gasteiger partial charge < -0.3 is 22.2 Å². The van der Waals surface area contributed by atoms with E-state index in [9.17, 15) is 4.79 Å². The summed E-state index contributed by atoms with van der Waals surface area (Å²) in [6.45, 7) is 30.6. The summed E-state index contributed by atoms with van der Waals surface area (Å²) in [6.07, 6.45) is 13.7. The fourth-order valence-electron chi connectivity index (χ4n) is 10.1. The molecule has 240 valence electrons. The maximum Gasteiger partial charge on any atom is 0.246 e. The second kappa shape index (κ2) is 16.0. The molecule has 1 N–H and O–H groups in total. The summed E-state index contributed by atoms with van der Waals surface area (Å²) in [5, 5.41) is 3.24. The number of amides is 1. The number of carbonyl (C=O) groups excluding carboxylic acids is 1. The molecule has 9 unspecified atom stereocenters. The number of nitrogens with zero attached hydrogens (tertiary/aromatic N) is 1. The first-order chi connectivity index (χ1) is 18.8. The highest BCUT2D eigenvalue weighted by Crippen LogP contribution is 2.53. The van der Waals surface area contributed by atoms with Gasteiger partial charge in [-0.2, -0.15) is 0 Å².